The van der Waals surface area contributed by atoms with Gasteiger partial charge in [-0.2, -0.15) is 0 Å². The van der Waals surface area contributed by atoms with Crippen LogP contribution >= 0.6 is 0 Å². The first-order chi connectivity index (χ1) is 7.27. The second-order valence-electron chi connectivity index (χ2n) is 5.65. The van der Waals surface area contributed by atoms with Crippen LogP contribution in [-0.4, -0.2) is 12.1 Å². The summed E-state index contributed by atoms with van der Waals surface area (Å²) in [7, 11) is 0. The summed E-state index contributed by atoms with van der Waals surface area (Å²) in [5.41, 5.74) is 12.4. The average Bonchev–Trinajstić information content (AvgIpc) is 2.30. The molecule has 2 heteroatoms. The molecule has 0 radical (unpaired) electrons. The first kappa shape index (κ1) is 11.4. The van der Waals surface area contributed by atoms with Gasteiger partial charge in [-0.05, 0) is 50.4 Å². The minimum Gasteiger partial charge on any atom is -0.328 e. The van der Waals surface area contributed by atoms with Crippen LogP contribution in [0.5, 0.6) is 0 Å². The topological polar surface area (TPSA) is 52.0 Å². The summed E-state index contributed by atoms with van der Waals surface area (Å²) >= 11 is 0. The van der Waals surface area contributed by atoms with Crippen molar-refractivity contribution in [2.45, 2.75) is 69.9 Å². The lowest BCUT2D eigenvalue weighted by Crippen LogP contribution is -2.41. The third kappa shape index (κ3) is 2.94. The molecule has 0 aromatic heterocycles. The van der Waals surface area contributed by atoms with Crippen molar-refractivity contribution in [3.63, 3.8) is 0 Å². The van der Waals surface area contributed by atoms with Crippen LogP contribution in [0, 0.1) is 11.8 Å². The van der Waals surface area contributed by atoms with E-state index in [4.69, 9.17) is 11.5 Å². The second kappa shape index (κ2) is 5.31. The molecule has 4 N–H and O–H groups in total. The van der Waals surface area contributed by atoms with Gasteiger partial charge >= 0.3 is 0 Å². The van der Waals surface area contributed by atoms with Crippen LogP contribution in [-0.2, 0) is 0 Å². The molecule has 15 heavy (non-hydrogen) atoms. The minimum absolute atomic E-state index is 0.458. The van der Waals surface area contributed by atoms with Crippen LogP contribution in [0.3, 0.4) is 0 Å². The van der Waals surface area contributed by atoms with E-state index in [1.165, 1.54) is 57.8 Å². The zero-order chi connectivity index (χ0) is 10.7. The first-order valence-electron chi connectivity index (χ1n) is 6.78. The molecule has 2 aliphatic carbocycles. The lowest BCUT2D eigenvalue weighted by atomic mass is 9.73. The molecule has 2 rings (SSSR count). The molecular weight excluding hydrogens is 184 g/mol. The molecule has 1 unspecified atom stereocenters. The van der Waals surface area contributed by atoms with Gasteiger partial charge in [0.1, 0.15) is 0 Å². The van der Waals surface area contributed by atoms with Crippen LogP contribution < -0.4 is 11.5 Å². The maximum absolute atomic E-state index is 6.43. The fourth-order valence-electron chi connectivity index (χ4n) is 3.43. The van der Waals surface area contributed by atoms with Crippen molar-refractivity contribution in [3.05, 3.63) is 0 Å². The summed E-state index contributed by atoms with van der Waals surface area (Å²) in [6.45, 7) is 0. The van der Waals surface area contributed by atoms with Gasteiger partial charge in [0.2, 0.25) is 0 Å². The van der Waals surface area contributed by atoms with Crippen molar-refractivity contribution < 1.29 is 0 Å². The molecule has 2 fully saturated rings. The summed E-state index contributed by atoms with van der Waals surface area (Å²) in [5, 5.41) is 0. The Morgan fingerprint density at radius 1 is 0.733 bits per heavy atom. The molecule has 0 heterocycles. The van der Waals surface area contributed by atoms with Gasteiger partial charge in [-0.3, -0.25) is 0 Å². The van der Waals surface area contributed by atoms with Crippen molar-refractivity contribution >= 4 is 0 Å². The van der Waals surface area contributed by atoms with Crippen molar-refractivity contribution in [3.8, 4) is 0 Å². The Balaban J connectivity index is 1.81. The minimum atomic E-state index is 0.458. The maximum atomic E-state index is 6.43. The summed E-state index contributed by atoms with van der Waals surface area (Å²) in [5.74, 6) is 1.59. The monoisotopic (exact) mass is 210 g/mol. The molecule has 0 aromatic rings. The lowest BCUT2D eigenvalue weighted by Gasteiger charge is -2.36. The lowest BCUT2D eigenvalue weighted by molar-refractivity contribution is 0.197. The normalized spacial score (nSPS) is 36.4. The van der Waals surface area contributed by atoms with Crippen molar-refractivity contribution in [1.82, 2.24) is 0 Å². The van der Waals surface area contributed by atoms with E-state index >= 15 is 0 Å². The number of hydrogen-bond donors (Lipinski definition) is 2. The Morgan fingerprint density at radius 2 is 1.27 bits per heavy atom. The van der Waals surface area contributed by atoms with E-state index in [1.54, 1.807) is 0 Å². The first-order valence-corrected chi connectivity index (χ1v) is 6.78. The van der Waals surface area contributed by atoms with Gasteiger partial charge in [0.15, 0.2) is 0 Å². The Bertz CT molecular complexity index is 179. The molecule has 2 nitrogen and oxygen atoms in total. The summed E-state index contributed by atoms with van der Waals surface area (Å²) in [6.07, 6.45) is 12.0. The summed E-state index contributed by atoms with van der Waals surface area (Å²) < 4.78 is 0. The molecule has 2 saturated carbocycles. The zero-order valence-electron chi connectivity index (χ0n) is 9.83. The van der Waals surface area contributed by atoms with Gasteiger partial charge in [-0.1, -0.05) is 19.3 Å². The van der Waals surface area contributed by atoms with Gasteiger partial charge in [-0.25, -0.2) is 0 Å². The fraction of sp³-hybridized carbons (Fsp3) is 1.00. The van der Waals surface area contributed by atoms with E-state index in [1.807, 2.05) is 0 Å². The molecule has 2 aliphatic rings. The van der Waals surface area contributed by atoms with Crippen LogP contribution in [0.15, 0.2) is 0 Å². The zero-order valence-corrected chi connectivity index (χ0v) is 9.83. The van der Waals surface area contributed by atoms with Gasteiger partial charge in [-0.15, -0.1) is 0 Å². The number of rotatable bonds is 2. The number of hydrogen-bond acceptors (Lipinski definition) is 2. The average molecular weight is 210 g/mol. The molecule has 0 aliphatic heterocycles. The predicted molar refractivity (Wildman–Crippen MR) is 64.5 cm³/mol. The second-order valence-corrected chi connectivity index (χ2v) is 5.65. The van der Waals surface area contributed by atoms with E-state index in [9.17, 15) is 0 Å². The van der Waals surface area contributed by atoms with Crippen molar-refractivity contribution in [2.75, 3.05) is 0 Å². The Labute approximate surface area is 93.8 Å². The van der Waals surface area contributed by atoms with E-state index in [0.717, 1.165) is 11.8 Å². The summed E-state index contributed by atoms with van der Waals surface area (Å²) in [6, 6.07) is 0.928. The maximum Gasteiger partial charge on any atom is 0.00956 e. The highest BCUT2D eigenvalue weighted by atomic mass is 14.7. The Morgan fingerprint density at radius 3 is 1.87 bits per heavy atom. The largest absolute Gasteiger partial charge is 0.328 e. The van der Waals surface area contributed by atoms with Gasteiger partial charge in [0.05, 0.1) is 0 Å². The Hall–Kier alpha value is -0.0800. The van der Waals surface area contributed by atoms with Crippen LogP contribution in [0.2, 0.25) is 0 Å². The highest BCUT2D eigenvalue weighted by molar-refractivity contribution is 4.86. The molecule has 1 atom stereocenters. The molecule has 0 amide bonds. The fourth-order valence-corrected chi connectivity index (χ4v) is 3.43. The standard InChI is InChI=1S/C13H26N2/c14-12-8-6-11(7-9-12)13(15)10-4-2-1-3-5-10/h10-13H,1-9,14-15H2. The highest BCUT2D eigenvalue weighted by Crippen LogP contribution is 2.34. The van der Waals surface area contributed by atoms with E-state index in [0.29, 0.717) is 12.1 Å². The Kier molecular flexibility index (Phi) is 4.04. The van der Waals surface area contributed by atoms with Crippen LogP contribution in [0.4, 0.5) is 0 Å². The molecule has 0 bridgehead atoms. The third-order valence-electron chi connectivity index (χ3n) is 4.55. The quantitative estimate of drug-likeness (QED) is 0.735. The SMILES string of the molecule is NC1CCC(C(N)C2CCCCC2)CC1. The van der Waals surface area contributed by atoms with E-state index in [2.05, 4.69) is 0 Å². The summed E-state index contributed by atoms with van der Waals surface area (Å²) in [4.78, 5) is 0. The highest BCUT2D eigenvalue weighted by Gasteiger charge is 2.29. The molecule has 0 saturated heterocycles. The molecule has 0 aromatic carbocycles. The smallest absolute Gasteiger partial charge is 0.00956 e. The van der Waals surface area contributed by atoms with Crippen molar-refractivity contribution in [1.29, 1.82) is 0 Å². The molecular formula is C13H26N2. The van der Waals surface area contributed by atoms with Crippen molar-refractivity contribution in [2.24, 2.45) is 23.3 Å². The number of nitrogens with two attached hydrogens (primary N) is 2. The van der Waals surface area contributed by atoms with Crippen LogP contribution in [0.1, 0.15) is 57.8 Å². The molecule has 0 spiro atoms. The predicted octanol–water partition coefficient (Wildman–Crippen LogP) is 2.41. The third-order valence-corrected chi connectivity index (χ3v) is 4.55. The van der Waals surface area contributed by atoms with Gasteiger partial charge in [0, 0.05) is 12.1 Å². The van der Waals surface area contributed by atoms with Crippen LogP contribution in [0.25, 0.3) is 0 Å². The molecule has 88 valence electrons. The van der Waals surface area contributed by atoms with E-state index in [-0.39, 0.29) is 0 Å². The van der Waals surface area contributed by atoms with E-state index < -0.39 is 0 Å². The van der Waals surface area contributed by atoms with Gasteiger partial charge < -0.3 is 11.5 Å². The van der Waals surface area contributed by atoms with Gasteiger partial charge in [0.25, 0.3) is 0 Å².